The minimum Gasteiger partial charge on any atom is -0.217 e. The number of aromatic nitrogens is 4. The fourth-order valence-corrected chi connectivity index (χ4v) is 5.24. The van der Waals surface area contributed by atoms with Crippen LogP contribution in [0.15, 0.2) is 5.16 Å². The number of hydrogen-bond donors (Lipinski definition) is 0. The second-order valence-corrected chi connectivity index (χ2v) is 8.01. The van der Waals surface area contributed by atoms with Crippen LogP contribution in [0.4, 0.5) is 0 Å². The molecule has 1 aliphatic rings. The van der Waals surface area contributed by atoms with Gasteiger partial charge in [0, 0.05) is 11.1 Å². The van der Waals surface area contributed by atoms with Crippen molar-refractivity contribution >= 4 is 27.7 Å². The molecule has 1 atom stereocenters. The maximum absolute atomic E-state index is 4.20. The summed E-state index contributed by atoms with van der Waals surface area (Å²) in [6.45, 7) is 6.87. The predicted molar refractivity (Wildman–Crippen MR) is 82.8 cm³/mol. The molecule has 1 fully saturated rings. The predicted octanol–water partition coefficient (Wildman–Crippen LogP) is 3.94. The van der Waals surface area contributed by atoms with Gasteiger partial charge in [-0.3, -0.25) is 0 Å². The molecular formula is C13H23BrN4S. The van der Waals surface area contributed by atoms with E-state index in [-0.39, 0.29) is 0 Å². The molecular weight excluding hydrogens is 324 g/mol. The van der Waals surface area contributed by atoms with Crippen LogP contribution in [0.1, 0.15) is 52.5 Å². The highest BCUT2D eigenvalue weighted by Crippen LogP contribution is 2.35. The maximum atomic E-state index is 4.20. The highest BCUT2D eigenvalue weighted by atomic mass is 79.9. The first-order valence-electron chi connectivity index (χ1n) is 6.99. The Morgan fingerprint density at radius 2 is 2.05 bits per heavy atom. The largest absolute Gasteiger partial charge is 0.217 e. The van der Waals surface area contributed by atoms with Gasteiger partial charge in [-0.05, 0) is 34.6 Å². The van der Waals surface area contributed by atoms with E-state index in [1.807, 2.05) is 4.68 Å². The lowest BCUT2D eigenvalue weighted by atomic mass is 9.83. The second kappa shape index (κ2) is 6.57. The van der Waals surface area contributed by atoms with Crippen LogP contribution in [0.2, 0.25) is 0 Å². The Bertz CT molecular complexity index is 396. The molecule has 1 aliphatic carbocycles. The monoisotopic (exact) mass is 346 g/mol. The van der Waals surface area contributed by atoms with Gasteiger partial charge in [0.25, 0.3) is 0 Å². The van der Waals surface area contributed by atoms with Crippen molar-refractivity contribution in [2.45, 2.75) is 57.7 Å². The summed E-state index contributed by atoms with van der Waals surface area (Å²) in [4.78, 5) is 0. The molecule has 1 unspecified atom stereocenters. The van der Waals surface area contributed by atoms with Crippen molar-refractivity contribution in [3.8, 4) is 0 Å². The first-order valence-corrected chi connectivity index (χ1v) is 9.09. The van der Waals surface area contributed by atoms with Gasteiger partial charge in [0.1, 0.15) is 0 Å². The third-order valence-corrected chi connectivity index (χ3v) is 5.84. The Balaban J connectivity index is 1.98. The lowest BCUT2D eigenvalue weighted by Crippen LogP contribution is -2.24. The van der Waals surface area contributed by atoms with Crippen LogP contribution in [-0.2, 0) is 0 Å². The Kier molecular flexibility index (Phi) is 5.29. The first-order chi connectivity index (χ1) is 9.02. The number of thioether (sulfide) groups is 1. The fraction of sp³-hybridized carbons (Fsp3) is 0.923. The molecule has 4 nitrogen and oxygen atoms in total. The highest BCUT2D eigenvalue weighted by molar-refractivity contribution is 9.09. The van der Waals surface area contributed by atoms with Crippen LogP contribution in [0, 0.1) is 11.3 Å². The number of nitrogens with zero attached hydrogens (tertiary/aromatic N) is 4. The molecule has 1 saturated carbocycles. The molecule has 0 N–H and O–H groups in total. The average Bonchev–Trinajstić information content (AvgIpc) is 2.97. The van der Waals surface area contributed by atoms with Gasteiger partial charge in [0.15, 0.2) is 0 Å². The van der Waals surface area contributed by atoms with E-state index < -0.39 is 0 Å². The Hall–Kier alpha value is -0.100. The summed E-state index contributed by atoms with van der Waals surface area (Å²) in [6.07, 6.45) is 5.06. The van der Waals surface area contributed by atoms with Crippen molar-refractivity contribution in [1.29, 1.82) is 0 Å². The molecule has 0 saturated heterocycles. The standard InChI is InChI=1S/C13H23BrN4S/c1-13(2,3)10(8-14)9-19-12-15-16-17-18(12)11-6-4-5-7-11/h10-11H,4-9H2,1-3H3. The van der Waals surface area contributed by atoms with Crippen LogP contribution >= 0.6 is 27.7 Å². The van der Waals surface area contributed by atoms with Crippen LogP contribution in [0.5, 0.6) is 0 Å². The molecule has 0 bridgehead atoms. The lowest BCUT2D eigenvalue weighted by molar-refractivity contribution is 0.295. The van der Waals surface area contributed by atoms with Gasteiger partial charge < -0.3 is 0 Å². The summed E-state index contributed by atoms with van der Waals surface area (Å²) in [5, 5.41) is 14.3. The Morgan fingerprint density at radius 1 is 1.37 bits per heavy atom. The number of tetrazole rings is 1. The fourth-order valence-electron chi connectivity index (χ4n) is 2.36. The van der Waals surface area contributed by atoms with E-state index >= 15 is 0 Å². The number of halogens is 1. The van der Waals surface area contributed by atoms with Gasteiger partial charge in [-0.15, -0.1) is 5.10 Å². The molecule has 19 heavy (non-hydrogen) atoms. The van der Waals surface area contributed by atoms with Crippen molar-refractivity contribution in [2.75, 3.05) is 11.1 Å². The minimum atomic E-state index is 0.308. The van der Waals surface area contributed by atoms with Crippen molar-refractivity contribution < 1.29 is 0 Å². The van der Waals surface area contributed by atoms with Gasteiger partial charge in [0.2, 0.25) is 5.16 Å². The van der Waals surface area contributed by atoms with Crippen molar-refractivity contribution in [3.63, 3.8) is 0 Å². The van der Waals surface area contributed by atoms with Crippen LogP contribution in [0.25, 0.3) is 0 Å². The second-order valence-electron chi connectivity index (χ2n) is 6.37. The minimum absolute atomic E-state index is 0.308. The molecule has 0 aliphatic heterocycles. The zero-order valence-corrected chi connectivity index (χ0v) is 14.4. The van der Waals surface area contributed by atoms with E-state index in [1.165, 1.54) is 25.7 Å². The SMILES string of the molecule is CC(C)(C)C(CBr)CSc1nnnn1C1CCCC1. The molecule has 2 rings (SSSR count). The van der Waals surface area contributed by atoms with E-state index in [2.05, 4.69) is 52.2 Å². The summed E-state index contributed by atoms with van der Waals surface area (Å²) in [5.74, 6) is 1.67. The molecule has 0 spiro atoms. The van der Waals surface area contributed by atoms with Crippen LogP contribution in [-0.4, -0.2) is 31.3 Å². The molecule has 0 radical (unpaired) electrons. The molecule has 1 aromatic rings. The summed E-state index contributed by atoms with van der Waals surface area (Å²) in [6, 6.07) is 0.523. The van der Waals surface area contributed by atoms with Gasteiger partial charge in [0.05, 0.1) is 6.04 Å². The van der Waals surface area contributed by atoms with E-state index in [4.69, 9.17) is 0 Å². The molecule has 6 heteroatoms. The molecule has 1 heterocycles. The normalized spacial score (nSPS) is 18.9. The first kappa shape index (κ1) is 15.3. The number of alkyl halides is 1. The van der Waals surface area contributed by atoms with E-state index in [9.17, 15) is 0 Å². The molecule has 0 amide bonds. The van der Waals surface area contributed by atoms with Gasteiger partial charge in [-0.1, -0.05) is 61.3 Å². The topological polar surface area (TPSA) is 43.6 Å². The van der Waals surface area contributed by atoms with Gasteiger partial charge in [-0.2, -0.15) is 0 Å². The molecule has 1 aromatic heterocycles. The number of hydrogen-bond acceptors (Lipinski definition) is 4. The zero-order valence-electron chi connectivity index (χ0n) is 12.0. The smallest absolute Gasteiger partial charge is 0.209 e. The van der Waals surface area contributed by atoms with Crippen LogP contribution in [0.3, 0.4) is 0 Å². The maximum Gasteiger partial charge on any atom is 0.209 e. The lowest BCUT2D eigenvalue weighted by Gasteiger charge is -2.28. The molecule has 108 valence electrons. The van der Waals surface area contributed by atoms with Crippen molar-refractivity contribution in [3.05, 3.63) is 0 Å². The summed E-state index contributed by atoms with van der Waals surface area (Å²) >= 11 is 5.43. The third kappa shape index (κ3) is 3.94. The van der Waals surface area contributed by atoms with E-state index in [1.54, 1.807) is 11.8 Å². The van der Waals surface area contributed by atoms with Gasteiger partial charge >= 0.3 is 0 Å². The van der Waals surface area contributed by atoms with Crippen molar-refractivity contribution in [2.24, 2.45) is 11.3 Å². The average molecular weight is 347 g/mol. The Labute approximate surface area is 128 Å². The zero-order chi connectivity index (χ0) is 13.9. The molecule has 0 aromatic carbocycles. The summed E-state index contributed by atoms with van der Waals surface area (Å²) in [5.41, 5.74) is 0.308. The van der Waals surface area contributed by atoms with Crippen molar-refractivity contribution in [1.82, 2.24) is 20.2 Å². The van der Waals surface area contributed by atoms with Crippen LogP contribution < -0.4 is 0 Å². The quantitative estimate of drug-likeness (QED) is 0.598. The number of rotatable bonds is 5. The van der Waals surface area contributed by atoms with E-state index in [0.29, 0.717) is 17.4 Å². The van der Waals surface area contributed by atoms with Gasteiger partial charge in [-0.25, -0.2) is 4.68 Å². The third-order valence-electron chi connectivity index (χ3n) is 3.96. The summed E-state index contributed by atoms with van der Waals surface area (Å²) < 4.78 is 2.05. The highest BCUT2D eigenvalue weighted by Gasteiger charge is 2.26. The Morgan fingerprint density at radius 3 is 2.63 bits per heavy atom. The summed E-state index contributed by atoms with van der Waals surface area (Å²) in [7, 11) is 0. The van der Waals surface area contributed by atoms with E-state index in [0.717, 1.165) is 16.2 Å².